The third-order valence-electron chi connectivity index (χ3n) is 2.87. The Balaban J connectivity index is 2.83. The Morgan fingerprint density at radius 2 is 2.05 bits per heavy atom. The number of esters is 1. The number of aliphatic hydroxyl groups excluding tert-OH is 1. The number of rotatable bonds is 6. The van der Waals surface area contributed by atoms with Crippen molar-refractivity contribution in [3.8, 4) is 5.75 Å². The molecule has 0 fully saturated rings. The lowest BCUT2D eigenvalue weighted by molar-refractivity contribution is -0.151. The first-order chi connectivity index (χ1) is 8.99. The first-order valence-electron chi connectivity index (χ1n) is 6.61. The maximum absolute atomic E-state index is 11.7. The molecule has 0 aliphatic rings. The number of carbonyl (C=O) groups is 1. The lowest BCUT2D eigenvalue weighted by Crippen LogP contribution is -2.28. The zero-order valence-corrected chi connectivity index (χ0v) is 12.0. The van der Waals surface area contributed by atoms with Gasteiger partial charge in [-0.3, -0.25) is 0 Å². The van der Waals surface area contributed by atoms with Crippen molar-refractivity contribution in [1.29, 1.82) is 0 Å². The van der Waals surface area contributed by atoms with Gasteiger partial charge in [0.1, 0.15) is 5.75 Å². The molecule has 4 heteroatoms. The van der Waals surface area contributed by atoms with E-state index in [0.717, 1.165) is 11.1 Å². The van der Waals surface area contributed by atoms with Crippen molar-refractivity contribution in [1.82, 2.24) is 0 Å². The highest BCUT2D eigenvalue weighted by Gasteiger charge is 2.20. The van der Waals surface area contributed by atoms with Crippen molar-refractivity contribution in [3.05, 3.63) is 29.3 Å². The standard InChI is InChI=1S/C15H22O4/c1-5-13(15(17)18-6-2)19-14-8-7-12(11(4)16)9-10(14)3/h7-9,11,13,16H,5-6H2,1-4H3/t11-,13?/m1/s1. The maximum atomic E-state index is 11.7. The molecule has 0 aliphatic carbocycles. The topological polar surface area (TPSA) is 55.8 Å². The molecule has 0 radical (unpaired) electrons. The Kier molecular flexibility index (Phi) is 5.83. The van der Waals surface area contributed by atoms with E-state index in [1.807, 2.05) is 19.9 Å². The summed E-state index contributed by atoms with van der Waals surface area (Å²) in [5.41, 5.74) is 1.72. The second kappa shape index (κ2) is 7.14. The molecule has 1 rings (SSSR count). The first kappa shape index (κ1) is 15.5. The lowest BCUT2D eigenvalue weighted by atomic mass is 10.1. The zero-order chi connectivity index (χ0) is 14.4. The summed E-state index contributed by atoms with van der Waals surface area (Å²) in [7, 11) is 0. The summed E-state index contributed by atoms with van der Waals surface area (Å²) in [5.74, 6) is 0.299. The van der Waals surface area contributed by atoms with Crippen molar-refractivity contribution in [2.24, 2.45) is 0 Å². The number of aliphatic hydroxyl groups is 1. The molecule has 0 aromatic heterocycles. The first-order valence-corrected chi connectivity index (χ1v) is 6.61. The van der Waals surface area contributed by atoms with Crippen molar-refractivity contribution in [3.63, 3.8) is 0 Å². The fourth-order valence-electron chi connectivity index (χ4n) is 1.75. The molecule has 0 heterocycles. The van der Waals surface area contributed by atoms with E-state index in [1.54, 1.807) is 26.0 Å². The van der Waals surface area contributed by atoms with Crippen LogP contribution in [0.1, 0.15) is 44.4 Å². The molecule has 0 amide bonds. The predicted molar refractivity (Wildman–Crippen MR) is 73.2 cm³/mol. The van der Waals surface area contributed by atoms with Crippen LogP contribution in [0, 0.1) is 6.92 Å². The van der Waals surface area contributed by atoms with Gasteiger partial charge in [-0.15, -0.1) is 0 Å². The largest absolute Gasteiger partial charge is 0.478 e. The highest BCUT2D eigenvalue weighted by atomic mass is 16.6. The highest BCUT2D eigenvalue weighted by molar-refractivity contribution is 5.75. The van der Waals surface area contributed by atoms with Crippen LogP contribution in [0.3, 0.4) is 0 Å². The number of benzene rings is 1. The average Bonchev–Trinajstić information content (AvgIpc) is 2.37. The zero-order valence-electron chi connectivity index (χ0n) is 12.0. The molecule has 1 aromatic carbocycles. The van der Waals surface area contributed by atoms with Gasteiger partial charge in [0.15, 0.2) is 6.10 Å². The minimum atomic E-state index is -0.587. The normalized spacial score (nSPS) is 13.7. The van der Waals surface area contributed by atoms with Gasteiger partial charge in [-0.05, 0) is 50.5 Å². The number of ether oxygens (including phenoxy) is 2. The molecule has 1 N–H and O–H groups in total. The summed E-state index contributed by atoms with van der Waals surface area (Å²) >= 11 is 0. The summed E-state index contributed by atoms with van der Waals surface area (Å²) in [5, 5.41) is 9.51. The molecule has 1 unspecified atom stereocenters. The summed E-state index contributed by atoms with van der Waals surface area (Å²) in [6.45, 7) is 7.59. The molecule has 2 atom stereocenters. The van der Waals surface area contributed by atoms with E-state index >= 15 is 0 Å². The molecule has 19 heavy (non-hydrogen) atoms. The van der Waals surface area contributed by atoms with Gasteiger partial charge in [0.2, 0.25) is 0 Å². The number of hydrogen-bond acceptors (Lipinski definition) is 4. The average molecular weight is 266 g/mol. The molecule has 0 saturated carbocycles. The minimum Gasteiger partial charge on any atom is -0.478 e. The van der Waals surface area contributed by atoms with E-state index in [0.29, 0.717) is 18.8 Å². The van der Waals surface area contributed by atoms with Crippen LogP contribution in [-0.4, -0.2) is 23.8 Å². The summed E-state index contributed by atoms with van der Waals surface area (Å²) < 4.78 is 10.7. The van der Waals surface area contributed by atoms with E-state index in [2.05, 4.69) is 0 Å². The molecular weight excluding hydrogens is 244 g/mol. The Morgan fingerprint density at radius 3 is 2.53 bits per heavy atom. The van der Waals surface area contributed by atoms with Crippen LogP contribution in [-0.2, 0) is 9.53 Å². The van der Waals surface area contributed by atoms with E-state index < -0.39 is 12.2 Å². The maximum Gasteiger partial charge on any atom is 0.347 e. The van der Waals surface area contributed by atoms with E-state index in [4.69, 9.17) is 9.47 Å². The Labute approximate surface area is 114 Å². The Bertz CT molecular complexity index is 426. The second-order valence-electron chi connectivity index (χ2n) is 4.47. The van der Waals surface area contributed by atoms with Crippen molar-refractivity contribution < 1.29 is 19.4 Å². The molecule has 4 nitrogen and oxygen atoms in total. The van der Waals surface area contributed by atoms with Gasteiger partial charge in [-0.25, -0.2) is 4.79 Å². The fraction of sp³-hybridized carbons (Fsp3) is 0.533. The van der Waals surface area contributed by atoms with Crippen LogP contribution < -0.4 is 4.74 Å². The van der Waals surface area contributed by atoms with Gasteiger partial charge in [-0.1, -0.05) is 13.0 Å². The predicted octanol–water partition coefficient (Wildman–Crippen LogP) is 2.77. The van der Waals surface area contributed by atoms with Gasteiger partial charge in [-0.2, -0.15) is 0 Å². The molecule has 106 valence electrons. The summed E-state index contributed by atoms with van der Waals surface area (Å²) in [4.78, 5) is 11.7. The second-order valence-corrected chi connectivity index (χ2v) is 4.47. The number of carbonyl (C=O) groups excluding carboxylic acids is 1. The van der Waals surface area contributed by atoms with E-state index in [1.165, 1.54) is 0 Å². The van der Waals surface area contributed by atoms with Crippen molar-refractivity contribution >= 4 is 5.97 Å². The third-order valence-corrected chi connectivity index (χ3v) is 2.87. The SMILES string of the molecule is CCOC(=O)C(CC)Oc1ccc([C@@H](C)O)cc1C. The highest BCUT2D eigenvalue weighted by Crippen LogP contribution is 2.24. The number of hydrogen-bond donors (Lipinski definition) is 1. The van der Waals surface area contributed by atoms with Crippen LogP contribution in [0.4, 0.5) is 0 Å². The van der Waals surface area contributed by atoms with Crippen molar-refractivity contribution in [2.45, 2.75) is 46.3 Å². The molecule has 0 bridgehead atoms. The van der Waals surface area contributed by atoms with Gasteiger partial charge >= 0.3 is 5.97 Å². The van der Waals surface area contributed by atoms with Gasteiger partial charge in [0.25, 0.3) is 0 Å². The van der Waals surface area contributed by atoms with Crippen LogP contribution in [0.2, 0.25) is 0 Å². The van der Waals surface area contributed by atoms with E-state index in [9.17, 15) is 9.90 Å². The van der Waals surface area contributed by atoms with Crippen molar-refractivity contribution in [2.75, 3.05) is 6.61 Å². The Morgan fingerprint density at radius 1 is 1.37 bits per heavy atom. The molecule has 1 aromatic rings. The van der Waals surface area contributed by atoms with Crippen LogP contribution in [0.25, 0.3) is 0 Å². The van der Waals surface area contributed by atoms with E-state index in [-0.39, 0.29) is 5.97 Å². The van der Waals surface area contributed by atoms with Gasteiger partial charge in [0.05, 0.1) is 12.7 Å². The lowest BCUT2D eigenvalue weighted by Gasteiger charge is -2.18. The van der Waals surface area contributed by atoms with Crippen LogP contribution >= 0.6 is 0 Å². The fourth-order valence-corrected chi connectivity index (χ4v) is 1.75. The monoisotopic (exact) mass is 266 g/mol. The van der Waals surface area contributed by atoms with Crippen LogP contribution in [0.5, 0.6) is 5.75 Å². The van der Waals surface area contributed by atoms with Crippen LogP contribution in [0.15, 0.2) is 18.2 Å². The molecule has 0 saturated heterocycles. The molecule has 0 aliphatic heterocycles. The summed E-state index contributed by atoms with van der Waals surface area (Å²) in [6, 6.07) is 5.43. The number of aryl methyl sites for hydroxylation is 1. The Hall–Kier alpha value is -1.55. The summed E-state index contributed by atoms with van der Waals surface area (Å²) in [6.07, 6.45) is -0.549. The van der Waals surface area contributed by atoms with Gasteiger partial charge < -0.3 is 14.6 Å². The molecule has 0 spiro atoms. The third kappa shape index (κ3) is 4.24. The quantitative estimate of drug-likeness (QED) is 0.804. The smallest absolute Gasteiger partial charge is 0.347 e. The molecular formula is C15H22O4. The van der Waals surface area contributed by atoms with Gasteiger partial charge in [0, 0.05) is 0 Å². The minimum absolute atomic E-state index is 0.344.